The van der Waals surface area contributed by atoms with Crippen molar-refractivity contribution < 1.29 is 24.0 Å². The summed E-state index contributed by atoms with van der Waals surface area (Å²) in [5.41, 5.74) is 1.61. The van der Waals surface area contributed by atoms with E-state index in [9.17, 15) is 14.4 Å². The highest BCUT2D eigenvalue weighted by atomic mass is 16.7. The van der Waals surface area contributed by atoms with E-state index < -0.39 is 23.1 Å². The highest BCUT2D eigenvalue weighted by Crippen LogP contribution is 2.38. The van der Waals surface area contributed by atoms with Crippen LogP contribution in [0, 0.1) is 6.92 Å². The van der Waals surface area contributed by atoms with E-state index in [-0.39, 0.29) is 18.9 Å². The molecular formula is C27H27N5O5. The molecule has 3 N–H and O–H groups in total. The number of aromatic nitrogens is 1. The van der Waals surface area contributed by atoms with Gasteiger partial charge in [-0.05, 0) is 38.1 Å². The molecular weight excluding hydrogens is 474 g/mol. The summed E-state index contributed by atoms with van der Waals surface area (Å²) in [4.78, 5) is 46.3. The predicted molar refractivity (Wildman–Crippen MR) is 136 cm³/mol. The van der Waals surface area contributed by atoms with Crippen LogP contribution in [0.4, 0.5) is 4.79 Å². The number of benzene rings is 2. The molecule has 2 unspecified atom stereocenters. The van der Waals surface area contributed by atoms with Crippen LogP contribution in [-0.2, 0) is 26.6 Å². The minimum atomic E-state index is -1.33. The van der Waals surface area contributed by atoms with Crippen molar-refractivity contribution in [3.63, 3.8) is 0 Å². The summed E-state index contributed by atoms with van der Waals surface area (Å²) in [6.45, 7) is 5.45. The summed E-state index contributed by atoms with van der Waals surface area (Å²) in [5.74, 6) is -0.0716. The Bertz CT molecular complexity index is 1440. The van der Waals surface area contributed by atoms with Gasteiger partial charge in [0.2, 0.25) is 5.91 Å². The number of ether oxygens (including phenoxy) is 1. The van der Waals surface area contributed by atoms with Crippen LogP contribution in [0.15, 0.2) is 59.8 Å². The van der Waals surface area contributed by atoms with Crippen molar-refractivity contribution in [1.82, 2.24) is 20.9 Å². The lowest BCUT2D eigenvalue weighted by Crippen LogP contribution is -2.52. The molecule has 2 atom stereocenters. The minimum absolute atomic E-state index is 0.128. The van der Waals surface area contributed by atoms with Crippen LogP contribution in [0.1, 0.15) is 37.1 Å². The number of para-hydroxylation sites is 1. The first-order valence-electron chi connectivity index (χ1n) is 11.9. The molecule has 4 amide bonds. The molecule has 10 heteroatoms. The number of amides is 4. The third-order valence-corrected chi connectivity index (χ3v) is 6.73. The number of urea groups is 1. The maximum atomic E-state index is 12.4. The molecule has 2 aromatic carbocycles. The summed E-state index contributed by atoms with van der Waals surface area (Å²) in [6, 6.07) is 16.7. The second-order valence-corrected chi connectivity index (χ2v) is 9.50. The average molecular weight is 502 g/mol. The quantitative estimate of drug-likeness (QED) is 0.427. The zero-order valence-corrected chi connectivity index (χ0v) is 20.8. The van der Waals surface area contributed by atoms with Crippen LogP contribution in [0.25, 0.3) is 10.9 Å². The third kappa shape index (κ3) is 4.57. The van der Waals surface area contributed by atoms with Gasteiger partial charge in [0.05, 0.1) is 17.8 Å². The Morgan fingerprint density at radius 1 is 1.16 bits per heavy atom. The Kier molecular flexibility index (Phi) is 6.02. The molecule has 37 heavy (non-hydrogen) atoms. The van der Waals surface area contributed by atoms with Gasteiger partial charge in [0, 0.05) is 35.6 Å². The summed E-state index contributed by atoms with van der Waals surface area (Å²) in [7, 11) is 0. The number of fused-ring (bicyclic) bond motifs is 1. The lowest BCUT2D eigenvalue weighted by atomic mass is 9.83. The summed E-state index contributed by atoms with van der Waals surface area (Å²) in [6.07, 6.45) is 0.194. The molecule has 5 rings (SSSR count). The number of rotatable bonds is 7. The van der Waals surface area contributed by atoms with Crippen LogP contribution in [0.5, 0.6) is 5.75 Å². The van der Waals surface area contributed by atoms with Gasteiger partial charge in [-0.2, -0.15) is 0 Å². The van der Waals surface area contributed by atoms with Crippen LogP contribution in [0.2, 0.25) is 0 Å². The van der Waals surface area contributed by atoms with Crippen molar-refractivity contribution in [2.75, 3.05) is 6.54 Å². The highest BCUT2D eigenvalue weighted by molar-refractivity contribution is 6.22. The van der Waals surface area contributed by atoms with Gasteiger partial charge in [0.15, 0.2) is 11.1 Å². The van der Waals surface area contributed by atoms with Crippen molar-refractivity contribution >= 4 is 34.5 Å². The van der Waals surface area contributed by atoms with Crippen LogP contribution in [-0.4, -0.2) is 40.6 Å². The van der Waals surface area contributed by atoms with E-state index >= 15 is 0 Å². The van der Waals surface area contributed by atoms with Gasteiger partial charge in [-0.3, -0.25) is 19.9 Å². The highest BCUT2D eigenvalue weighted by Gasteiger charge is 2.53. The van der Waals surface area contributed by atoms with Crippen LogP contribution < -0.4 is 20.7 Å². The van der Waals surface area contributed by atoms with Crippen LogP contribution >= 0.6 is 0 Å². The zero-order chi connectivity index (χ0) is 26.2. The molecule has 0 bridgehead atoms. The van der Waals surface area contributed by atoms with Gasteiger partial charge in [0.25, 0.3) is 5.91 Å². The number of imide groups is 1. The molecule has 0 saturated carbocycles. The van der Waals surface area contributed by atoms with Gasteiger partial charge in [-0.15, -0.1) is 0 Å². The molecule has 2 aliphatic heterocycles. The Morgan fingerprint density at radius 2 is 1.92 bits per heavy atom. The van der Waals surface area contributed by atoms with Crippen LogP contribution in [0.3, 0.4) is 0 Å². The van der Waals surface area contributed by atoms with E-state index in [0.717, 1.165) is 27.7 Å². The monoisotopic (exact) mass is 501 g/mol. The normalized spacial score (nSPS) is 22.7. The Morgan fingerprint density at radius 3 is 2.62 bits per heavy atom. The number of hydrogen-bond donors (Lipinski definition) is 3. The maximum Gasteiger partial charge on any atom is 0.322 e. The molecule has 10 nitrogen and oxygen atoms in total. The Labute approximate surface area is 213 Å². The van der Waals surface area contributed by atoms with Crippen molar-refractivity contribution in [3.05, 3.63) is 71.4 Å². The molecule has 3 heterocycles. The first kappa shape index (κ1) is 24.2. The molecule has 1 saturated heterocycles. The van der Waals surface area contributed by atoms with Gasteiger partial charge in [-0.25, -0.2) is 4.79 Å². The number of carbonyl (C=O) groups is 3. The number of nitrogens with one attached hydrogen (secondary N) is 3. The Balaban J connectivity index is 1.35. The smallest absolute Gasteiger partial charge is 0.322 e. The van der Waals surface area contributed by atoms with Crippen molar-refractivity contribution in [2.45, 2.75) is 44.9 Å². The largest absolute Gasteiger partial charge is 0.489 e. The molecule has 0 spiro atoms. The molecule has 1 aromatic heterocycles. The van der Waals surface area contributed by atoms with Gasteiger partial charge in [-0.1, -0.05) is 35.5 Å². The number of oxime groups is 1. The molecule has 0 aliphatic carbocycles. The minimum Gasteiger partial charge on any atom is -0.489 e. The molecule has 190 valence electrons. The van der Waals surface area contributed by atoms with E-state index in [4.69, 9.17) is 9.57 Å². The summed E-state index contributed by atoms with van der Waals surface area (Å²) < 4.78 is 6.08. The summed E-state index contributed by atoms with van der Waals surface area (Å²) >= 11 is 0. The molecule has 2 aliphatic rings. The first-order chi connectivity index (χ1) is 17.7. The third-order valence-electron chi connectivity index (χ3n) is 6.73. The topological polar surface area (TPSA) is 131 Å². The number of pyridine rings is 1. The maximum absolute atomic E-state index is 12.4. The van der Waals surface area contributed by atoms with E-state index in [1.54, 1.807) is 6.92 Å². The van der Waals surface area contributed by atoms with Crippen molar-refractivity contribution in [2.24, 2.45) is 5.16 Å². The SMILES string of the molecule is CC(=O)NCC1(c2ccc(OCc3cc(C)nc4ccccc34)cc2)CC(C2(C)NC(=O)NC2=O)=NO1. The second kappa shape index (κ2) is 9.20. The van der Waals surface area contributed by atoms with E-state index in [0.29, 0.717) is 18.1 Å². The molecule has 1 fully saturated rings. The standard InChI is InChI=1S/C27H27N5O5/c1-16-12-18(21-6-4-5-7-22(21)29-16)14-36-20-10-8-19(9-11-20)27(15-28-17(2)33)13-23(32-37-27)26(3)24(34)30-25(35)31-26/h4-12H,13-15H2,1-3H3,(H,28,33)(H2,30,31,34,35). The predicted octanol–water partition coefficient (Wildman–Crippen LogP) is 2.83. The van der Waals surface area contributed by atoms with E-state index in [1.165, 1.54) is 6.92 Å². The number of nitrogens with zero attached hydrogens (tertiary/aromatic N) is 2. The van der Waals surface area contributed by atoms with Gasteiger partial charge < -0.3 is 20.2 Å². The van der Waals surface area contributed by atoms with E-state index in [1.807, 2.05) is 61.5 Å². The fourth-order valence-corrected chi connectivity index (χ4v) is 4.64. The average Bonchev–Trinajstić information content (AvgIpc) is 3.43. The number of aryl methyl sites for hydroxylation is 1. The lowest BCUT2D eigenvalue weighted by Gasteiger charge is -2.28. The van der Waals surface area contributed by atoms with Gasteiger partial charge in [0.1, 0.15) is 12.4 Å². The summed E-state index contributed by atoms with van der Waals surface area (Å²) in [5, 5.41) is 12.9. The molecule has 0 radical (unpaired) electrons. The van der Waals surface area contributed by atoms with Gasteiger partial charge >= 0.3 is 6.03 Å². The van der Waals surface area contributed by atoms with Crippen molar-refractivity contribution in [3.8, 4) is 5.75 Å². The fourth-order valence-electron chi connectivity index (χ4n) is 4.64. The Hall–Kier alpha value is -4.47. The molecule has 3 aromatic rings. The first-order valence-corrected chi connectivity index (χ1v) is 11.9. The number of carbonyl (C=O) groups excluding carboxylic acids is 3. The lowest BCUT2D eigenvalue weighted by molar-refractivity contribution is -0.122. The van der Waals surface area contributed by atoms with E-state index in [2.05, 4.69) is 26.1 Å². The van der Waals surface area contributed by atoms with Crippen molar-refractivity contribution in [1.29, 1.82) is 0 Å². The number of hydrogen-bond acceptors (Lipinski definition) is 7. The fraction of sp³-hybridized carbons (Fsp3) is 0.296. The second-order valence-electron chi connectivity index (χ2n) is 9.50. The zero-order valence-electron chi connectivity index (χ0n) is 20.8.